The van der Waals surface area contributed by atoms with Crippen molar-refractivity contribution in [1.29, 1.82) is 0 Å². The van der Waals surface area contributed by atoms with Crippen molar-refractivity contribution in [3.63, 3.8) is 0 Å². The molecule has 1 aliphatic rings. The molecule has 7 nitrogen and oxygen atoms in total. The van der Waals surface area contributed by atoms with Gasteiger partial charge in [-0.2, -0.15) is 0 Å². The van der Waals surface area contributed by atoms with E-state index >= 15 is 0 Å². The number of carbonyl (C=O) groups is 1. The summed E-state index contributed by atoms with van der Waals surface area (Å²) in [5.41, 5.74) is 0.382. The Morgan fingerprint density at radius 2 is 2.25 bits per heavy atom. The van der Waals surface area contributed by atoms with Gasteiger partial charge in [-0.1, -0.05) is 24.3 Å². The number of hydrogen-bond acceptors (Lipinski definition) is 5. The van der Waals surface area contributed by atoms with Crippen LogP contribution < -0.4 is 10.9 Å². The predicted octanol–water partition coefficient (Wildman–Crippen LogP) is 0.782. The van der Waals surface area contributed by atoms with Crippen LogP contribution in [0.5, 0.6) is 0 Å². The minimum Gasteiger partial charge on any atom is -0.338 e. The van der Waals surface area contributed by atoms with Crippen molar-refractivity contribution in [1.82, 2.24) is 25.2 Å². The molecule has 24 heavy (non-hydrogen) atoms. The fourth-order valence-corrected chi connectivity index (χ4v) is 3.17. The summed E-state index contributed by atoms with van der Waals surface area (Å²) in [6, 6.07) is 7.38. The van der Waals surface area contributed by atoms with Crippen LogP contribution >= 0.6 is 0 Å². The van der Waals surface area contributed by atoms with E-state index in [1.165, 1.54) is 4.68 Å². The third kappa shape index (κ3) is 3.46. The molecule has 0 spiro atoms. The lowest BCUT2D eigenvalue weighted by atomic mass is 10.2. The van der Waals surface area contributed by atoms with Gasteiger partial charge in [-0.25, -0.2) is 4.68 Å². The first-order valence-corrected chi connectivity index (χ1v) is 8.53. The summed E-state index contributed by atoms with van der Waals surface area (Å²) in [6.07, 6.45) is 2.18. The first-order chi connectivity index (χ1) is 11.7. The van der Waals surface area contributed by atoms with Crippen molar-refractivity contribution in [3.05, 3.63) is 34.6 Å². The van der Waals surface area contributed by atoms with Crippen LogP contribution in [0, 0.1) is 0 Å². The molecule has 0 radical (unpaired) electrons. The number of benzene rings is 1. The molecule has 2 heterocycles. The minimum atomic E-state index is -0.196. The molecular formula is C17H23N5O2. The molecule has 0 aliphatic carbocycles. The summed E-state index contributed by atoms with van der Waals surface area (Å²) in [4.78, 5) is 27.0. The smallest absolute Gasteiger partial charge is 0.277 e. The topological polar surface area (TPSA) is 80.1 Å². The number of amides is 1. The van der Waals surface area contributed by atoms with E-state index in [4.69, 9.17) is 0 Å². The van der Waals surface area contributed by atoms with Gasteiger partial charge in [-0.15, -0.1) is 5.10 Å². The fraction of sp³-hybridized carbons (Fsp3) is 0.529. The second-order valence-electron chi connectivity index (χ2n) is 6.12. The van der Waals surface area contributed by atoms with E-state index < -0.39 is 0 Å². The molecular weight excluding hydrogens is 306 g/mol. The van der Waals surface area contributed by atoms with Crippen LogP contribution in [0.25, 0.3) is 10.9 Å². The van der Waals surface area contributed by atoms with Crippen molar-refractivity contribution < 1.29 is 4.79 Å². The quantitative estimate of drug-likeness (QED) is 0.847. The Kier molecular flexibility index (Phi) is 5.20. The predicted molar refractivity (Wildman–Crippen MR) is 91.7 cm³/mol. The van der Waals surface area contributed by atoms with Gasteiger partial charge < -0.3 is 10.2 Å². The maximum absolute atomic E-state index is 12.6. The Morgan fingerprint density at radius 3 is 3.00 bits per heavy atom. The molecule has 128 valence electrons. The summed E-state index contributed by atoms with van der Waals surface area (Å²) in [7, 11) is 0. The van der Waals surface area contributed by atoms with Crippen molar-refractivity contribution in [2.75, 3.05) is 19.6 Å². The summed E-state index contributed by atoms with van der Waals surface area (Å²) in [5.74, 6) is 0.0763. The Hall–Kier alpha value is -2.28. The van der Waals surface area contributed by atoms with Gasteiger partial charge in [0.1, 0.15) is 5.52 Å². The SMILES string of the molecule is CCCN(C(=O)CCn1nnc2ccccc2c1=O)C1CCNC1. The van der Waals surface area contributed by atoms with Gasteiger partial charge in [0.05, 0.1) is 11.9 Å². The molecule has 0 saturated carbocycles. The average molecular weight is 329 g/mol. The zero-order valence-corrected chi connectivity index (χ0v) is 13.9. The second kappa shape index (κ2) is 7.53. The number of rotatable bonds is 6. The Balaban J connectivity index is 1.71. The van der Waals surface area contributed by atoms with E-state index in [0.29, 0.717) is 10.9 Å². The van der Waals surface area contributed by atoms with Crippen molar-refractivity contribution in [2.24, 2.45) is 0 Å². The lowest BCUT2D eigenvalue weighted by Crippen LogP contribution is -2.42. The van der Waals surface area contributed by atoms with Crippen LogP contribution in [0.3, 0.4) is 0 Å². The van der Waals surface area contributed by atoms with Gasteiger partial charge in [0, 0.05) is 25.6 Å². The van der Waals surface area contributed by atoms with Crippen molar-refractivity contribution >= 4 is 16.8 Å². The van der Waals surface area contributed by atoms with Crippen molar-refractivity contribution in [2.45, 2.75) is 38.8 Å². The Morgan fingerprint density at radius 1 is 1.42 bits per heavy atom. The zero-order chi connectivity index (χ0) is 16.9. The highest BCUT2D eigenvalue weighted by Crippen LogP contribution is 2.11. The first kappa shape index (κ1) is 16.6. The van der Waals surface area contributed by atoms with Gasteiger partial charge in [0.15, 0.2) is 0 Å². The molecule has 1 aromatic heterocycles. The van der Waals surface area contributed by atoms with Gasteiger partial charge >= 0.3 is 0 Å². The second-order valence-corrected chi connectivity index (χ2v) is 6.12. The molecule has 1 unspecified atom stereocenters. The van der Waals surface area contributed by atoms with Gasteiger partial charge in [0.2, 0.25) is 5.91 Å². The Bertz CT molecular complexity index is 767. The monoisotopic (exact) mass is 329 g/mol. The summed E-state index contributed by atoms with van der Waals surface area (Å²) in [5, 5.41) is 11.8. The number of carbonyl (C=O) groups excluding carboxylic acids is 1. The van der Waals surface area contributed by atoms with Crippen LogP contribution in [0.1, 0.15) is 26.2 Å². The highest BCUT2D eigenvalue weighted by atomic mass is 16.2. The van der Waals surface area contributed by atoms with Crippen molar-refractivity contribution in [3.8, 4) is 0 Å². The molecule has 1 atom stereocenters. The van der Waals surface area contributed by atoms with Crippen LogP contribution in [0.15, 0.2) is 29.1 Å². The van der Waals surface area contributed by atoms with Gasteiger partial charge in [-0.3, -0.25) is 9.59 Å². The summed E-state index contributed by atoms with van der Waals surface area (Å²) < 4.78 is 1.29. The van der Waals surface area contributed by atoms with Gasteiger partial charge in [0.25, 0.3) is 5.56 Å². The van der Waals surface area contributed by atoms with Crippen LogP contribution in [0.2, 0.25) is 0 Å². The minimum absolute atomic E-state index is 0.0763. The molecule has 2 aromatic rings. The molecule has 7 heteroatoms. The lowest BCUT2D eigenvalue weighted by molar-refractivity contribution is -0.133. The van der Waals surface area contributed by atoms with E-state index in [2.05, 4.69) is 22.6 Å². The molecule has 0 bridgehead atoms. The number of nitrogens with zero attached hydrogens (tertiary/aromatic N) is 4. The Labute approximate surface area is 140 Å². The highest BCUT2D eigenvalue weighted by Gasteiger charge is 2.25. The molecule has 1 amide bonds. The molecule has 1 aliphatic heterocycles. The van der Waals surface area contributed by atoms with E-state index in [1.54, 1.807) is 18.2 Å². The van der Waals surface area contributed by atoms with E-state index in [9.17, 15) is 9.59 Å². The molecule has 1 fully saturated rings. The summed E-state index contributed by atoms with van der Waals surface area (Å²) in [6.45, 7) is 4.89. The van der Waals surface area contributed by atoms with E-state index in [1.807, 2.05) is 11.0 Å². The number of hydrogen-bond donors (Lipinski definition) is 1. The third-order valence-corrected chi connectivity index (χ3v) is 4.43. The average Bonchev–Trinajstić information content (AvgIpc) is 3.13. The highest BCUT2D eigenvalue weighted by molar-refractivity contribution is 5.77. The first-order valence-electron chi connectivity index (χ1n) is 8.53. The largest absolute Gasteiger partial charge is 0.338 e. The maximum atomic E-state index is 12.6. The molecule has 1 saturated heterocycles. The standard InChI is InChI=1S/C17H23N5O2/c1-2-10-21(13-7-9-18-12-13)16(23)8-11-22-17(24)14-5-3-4-6-15(14)19-20-22/h3-6,13,18H,2,7-12H2,1H3. The number of nitrogens with one attached hydrogen (secondary N) is 1. The molecule has 1 N–H and O–H groups in total. The molecule has 1 aromatic carbocycles. The fourth-order valence-electron chi connectivity index (χ4n) is 3.17. The van der Waals surface area contributed by atoms with Crippen LogP contribution in [-0.2, 0) is 11.3 Å². The third-order valence-electron chi connectivity index (χ3n) is 4.43. The van der Waals surface area contributed by atoms with E-state index in [0.717, 1.165) is 32.5 Å². The number of aryl methyl sites for hydroxylation is 1. The van der Waals surface area contributed by atoms with E-state index in [-0.39, 0.29) is 30.5 Å². The van der Waals surface area contributed by atoms with Crippen LogP contribution in [-0.4, -0.2) is 51.5 Å². The normalized spacial score (nSPS) is 17.3. The number of aromatic nitrogens is 3. The zero-order valence-electron chi connectivity index (χ0n) is 13.9. The van der Waals surface area contributed by atoms with Crippen LogP contribution in [0.4, 0.5) is 0 Å². The number of fused-ring (bicyclic) bond motifs is 1. The summed E-state index contributed by atoms with van der Waals surface area (Å²) >= 11 is 0. The lowest BCUT2D eigenvalue weighted by Gasteiger charge is -2.28. The molecule has 3 rings (SSSR count). The maximum Gasteiger partial charge on any atom is 0.277 e. The van der Waals surface area contributed by atoms with Gasteiger partial charge in [-0.05, 0) is 31.5 Å².